The van der Waals surface area contributed by atoms with E-state index in [9.17, 15) is 0 Å². The van der Waals surface area contributed by atoms with Gasteiger partial charge in [0.15, 0.2) is 0 Å². The van der Waals surface area contributed by atoms with Crippen molar-refractivity contribution in [1.29, 1.82) is 0 Å². The van der Waals surface area contributed by atoms with E-state index in [0.717, 1.165) is 17.2 Å². The molecule has 0 amide bonds. The van der Waals surface area contributed by atoms with Crippen molar-refractivity contribution in [2.75, 3.05) is 7.05 Å². The molecule has 1 aromatic heterocycles. The Balaban J connectivity index is 1.74. The van der Waals surface area contributed by atoms with Gasteiger partial charge in [0.1, 0.15) is 11.5 Å². The maximum Gasteiger partial charge on any atom is 0.145 e. The van der Waals surface area contributed by atoms with E-state index in [-0.39, 0.29) is 6.04 Å². The first-order valence-corrected chi connectivity index (χ1v) is 7.19. The summed E-state index contributed by atoms with van der Waals surface area (Å²) < 4.78 is 5.89. The van der Waals surface area contributed by atoms with Crippen LogP contribution in [0.5, 0.6) is 11.5 Å². The van der Waals surface area contributed by atoms with Crippen LogP contribution in [0.25, 0.3) is 0 Å². The number of pyridine rings is 1. The van der Waals surface area contributed by atoms with Crippen LogP contribution in [0.3, 0.4) is 0 Å². The van der Waals surface area contributed by atoms with Crippen molar-refractivity contribution < 1.29 is 4.74 Å². The lowest BCUT2D eigenvalue weighted by Gasteiger charge is -2.11. The van der Waals surface area contributed by atoms with Gasteiger partial charge in [0, 0.05) is 6.04 Å². The van der Waals surface area contributed by atoms with E-state index in [1.165, 1.54) is 30.4 Å². The molecule has 0 fully saturated rings. The van der Waals surface area contributed by atoms with Gasteiger partial charge >= 0.3 is 0 Å². The number of benzene rings is 1. The highest BCUT2D eigenvalue weighted by atomic mass is 16.5. The van der Waals surface area contributed by atoms with E-state index >= 15 is 0 Å². The minimum absolute atomic E-state index is 0.254. The number of nitrogens with one attached hydrogen (secondary N) is 1. The first-order valence-electron chi connectivity index (χ1n) is 7.19. The molecule has 0 aliphatic heterocycles. The summed E-state index contributed by atoms with van der Waals surface area (Å²) in [7, 11) is 1.93. The van der Waals surface area contributed by atoms with Crippen molar-refractivity contribution in [3.05, 3.63) is 53.3 Å². The fraction of sp³-hybridized carbons (Fsp3) is 0.353. The molecule has 1 aromatic carbocycles. The number of aromatic nitrogens is 1. The molecular formula is C17H20N2O. The third kappa shape index (κ3) is 2.68. The molecule has 0 saturated heterocycles. The molecular weight excluding hydrogens is 248 g/mol. The molecule has 104 valence electrons. The molecule has 0 spiro atoms. The molecule has 2 aromatic rings. The van der Waals surface area contributed by atoms with E-state index in [4.69, 9.17) is 4.74 Å². The fourth-order valence-electron chi connectivity index (χ4n) is 2.60. The second-order valence-corrected chi connectivity index (χ2v) is 5.32. The second kappa shape index (κ2) is 5.63. The number of aryl methyl sites for hydroxylation is 2. The van der Waals surface area contributed by atoms with Crippen LogP contribution in [-0.4, -0.2) is 12.0 Å². The summed E-state index contributed by atoms with van der Waals surface area (Å²) in [6, 6.07) is 10.6. The van der Waals surface area contributed by atoms with Gasteiger partial charge in [0.05, 0.1) is 11.9 Å². The van der Waals surface area contributed by atoms with Crippen molar-refractivity contribution in [3.63, 3.8) is 0 Å². The molecule has 1 atom stereocenters. The highest BCUT2D eigenvalue weighted by Crippen LogP contribution is 2.28. The van der Waals surface area contributed by atoms with Crippen LogP contribution in [0, 0.1) is 0 Å². The molecule has 3 heteroatoms. The van der Waals surface area contributed by atoms with Crippen LogP contribution in [0.1, 0.15) is 36.2 Å². The Morgan fingerprint density at radius 3 is 2.65 bits per heavy atom. The molecule has 1 aliphatic rings. The molecule has 0 radical (unpaired) electrons. The Morgan fingerprint density at radius 2 is 1.90 bits per heavy atom. The molecule has 20 heavy (non-hydrogen) atoms. The SMILES string of the molecule is CNC(C)c1ccc(Oc2ccc3c(c2)CCC3)cn1. The standard InChI is InChI=1S/C17H20N2O/c1-12(18-2)17-9-8-16(11-19-17)20-15-7-6-13-4-3-5-14(13)10-15/h6-12,18H,3-5H2,1-2H3. The van der Waals surface area contributed by atoms with Gasteiger partial charge < -0.3 is 10.1 Å². The Labute approximate surface area is 120 Å². The quantitative estimate of drug-likeness (QED) is 0.919. The first kappa shape index (κ1) is 13.1. The van der Waals surface area contributed by atoms with Gasteiger partial charge in [-0.15, -0.1) is 0 Å². The summed E-state index contributed by atoms with van der Waals surface area (Å²) in [5.74, 6) is 1.69. The smallest absolute Gasteiger partial charge is 0.145 e. The summed E-state index contributed by atoms with van der Waals surface area (Å²) in [5.41, 5.74) is 3.92. The van der Waals surface area contributed by atoms with Gasteiger partial charge in [0.25, 0.3) is 0 Å². The second-order valence-electron chi connectivity index (χ2n) is 5.32. The number of nitrogens with zero attached hydrogens (tertiary/aromatic N) is 1. The zero-order chi connectivity index (χ0) is 13.9. The van der Waals surface area contributed by atoms with Gasteiger partial charge in [-0.3, -0.25) is 4.98 Å². The van der Waals surface area contributed by atoms with Gasteiger partial charge in [-0.2, -0.15) is 0 Å². The molecule has 1 N–H and O–H groups in total. The molecule has 1 aliphatic carbocycles. The average Bonchev–Trinajstić information content (AvgIpc) is 2.95. The minimum Gasteiger partial charge on any atom is -0.456 e. The Bertz CT molecular complexity index is 592. The van der Waals surface area contributed by atoms with Gasteiger partial charge in [-0.05, 0) is 68.6 Å². The normalized spacial score (nSPS) is 14.9. The number of fused-ring (bicyclic) bond motifs is 1. The van der Waals surface area contributed by atoms with E-state index in [2.05, 4.69) is 29.4 Å². The van der Waals surface area contributed by atoms with Crippen LogP contribution >= 0.6 is 0 Å². The highest BCUT2D eigenvalue weighted by molar-refractivity contribution is 5.40. The highest BCUT2D eigenvalue weighted by Gasteiger charge is 2.11. The monoisotopic (exact) mass is 268 g/mol. The van der Waals surface area contributed by atoms with Crippen LogP contribution in [0.4, 0.5) is 0 Å². The fourth-order valence-corrected chi connectivity index (χ4v) is 2.60. The zero-order valence-electron chi connectivity index (χ0n) is 12.0. The van der Waals surface area contributed by atoms with Crippen LogP contribution < -0.4 is 10.1 Å². The molecule has 0 bridgehead atoms. The number of rotatable bonds is 4. The number of hydrogen-bond acceptors (Lipinski definition) is 3. The largest absolute Gasteiger partial charge is 0.456 e. The average molecular weight is 268 g/mol. The van der Waals surface area contributed by atoms with Gasteiger partial charge in [-0.25, -0.2) is 0 Å². The van der Waals surface area contributed by atoms with Crippen molar-refractivity contribution >= 4 is 0 Å². The predicted octanol–water partition coefficient (Wildman–Crippen LogP) is 3.64. The summed E-state index contributed by atoms with van der Waals surface area (Å²) >= 11 is 0. The van der Waals surface area contributed by atoms with Crippen molar-refractivity contribution in [2.45, 2.75) is 32.2 Å². The lowest BCUT2D eigenvalue weighted by molar-refractivity contribution is 0.478. The van der Waals surface area contributed by atoms with Crippen molar-refractivity contribution in [2.24, 2.45) is 0 Å². The van der Waals surface area contributed by atoms with Crippen molar-refractivity contribution in [3.8, 4) is 11.5 Å². The molecule has 3 rings (SSSR count). The maximum atomic E-state index is 5.89. The van der Waals surface area contributed by atoms with Crippen molar-refractivity contribution in [1.82, 2.24) is 10.3 Å². The van der Waals surface area contributed by atoms with E-state index in [0.29, 0.717) is 0 Å². The van der Waals surface area contributed by atoms with Crippen LogP contribution in [0.2, 0.25) is 0 Å². The van der Waals surface area contributed by atoms with Gasteiger partial charge in [0.2, 0.25) is 0 Å². The molecule has 1 heterocycles. The lowest BCUT2D eigenvalue weighted by Crippen LogP contribution is -2.13. The molecule has 1 unspecified atom stereocenters. The summed E-state index contributed by atoms with van der Waals surface area (Å²) in [5, 5.41) is 3.18. The molecule has 3 nitrogen and oxygen atoms in total. The minimum atomic E-state index is 0.254. The Hall–Kier alpha value is -1.87. The Kier molecular flexibility index (Phi) is 3.70. The maximum absolute atomic E-state index is 5.89. The zero-order valence-corrected chi connectivity index (χ0v) is 12.0. The van der Waals surface area contributed by atoms with E-state index < -0.39 is 0 Å². The van der Waals surface area contributed by atoms with E-state index in [1.807, 2.05) is 25.2 Å². The summed E-state index contributed by atoms with van der Waals surface area (Å²) in [6.45, 7) is 2.09. The number of hydrogen-bond donors (Lipinski definition) is 1. The topological polar surface area (TPSA) is 34.1 Å². The van der Waals surface area contributed by atoms with Crippen LogP contribution in [-0.2, 0) is 12.8 Å². The molecule has 0 saturated carbocycles. The third-order valence-corrected chi connectivity index (χ3v) is 3.94. The Morgan fingerprint density at radius 1 is 1.10 bits per heavy atom. The first-order chi connectivity index (χ1) is 9.76. The van der Waals surface area contributed by atoms with Crippen LogP contribution in [0.15, 0.2) is 36.5 Å². The lowest BCUT2D eigenvalue weighted by atomic mass is 10.1. The van der Waals surface area contributed by atoms with Gasteiger partial charge in [-0.1, -0.05) is 6.07 Å². The third-order valence-electron chi connectivity index (χ3n) is 3.94. The summed E-state index contributed by atoms with van der Waals surface area (Å²) in [4.78, 5) is 4.43. The number of ether oxygens (including phenoxy) is 1. The predicted molar refractivity (Wildman–Crippen MR) is 80.3 cm³/mol. The van der Waals surface area contributed by atoms with E-state index in [1.54, 1.807) is 6.20 Å². The summed E-state index contributed by atoms with van der Waals surface area (Å²) in [6.07, 6.45) is 5.42.